The van der Waals surface area contributed by atoms with Gasteiger partial charge >= 0.3 is 0 Å². The van der Waals surface area contributed by atoms with Crippen molar-refractivity contribution >= 4 is 17.7 Å². The fourth-order valence-corrected chi connectivity index (χ4v) is 4.08. The van der Waals surface area contributed by atoms with Crippen molar-refractivity contribution in [3.63, 3.8) is 0 Å². The summed E-state index contributed by atoms with van der Waals surface area (Å²) in [6.45, 7) is 6.14. The van der Waals surface area contributed by atoms with Crippen molar-refractivity contribution in [2.75, 3.05) is 32.7 Å². The molecule has 1 saturated heterocycles. The minimum absolute atomic E-state index is 0.0115. The van der Waals surface area contributed by atoms with E-state index in [1.165, 1.54) is 0 Å². The number of nitrogens with one attached hydrogen (secondary N) is 1. The van der Waals surface area contributed by atoms with Crippen LogP contribution >= 0.6 is 0 Å². The SMILES string of the molecule is Cc1cc(C)cc(C(=O)NCC(=O)N2CCN(C(=O)C3CCCC3)CC2)c1. The number of nitrogens with zero attached hydrogens (tertiary/aromatic N) is 2. The number of rotatable bonds is 4. The maximum Gasteiger partial charge on any atom is 0.251 e. The van der Waals surface area contributed by atoms with Gasteiger partial charge in [0.15, 0.2) is 0 Å². The molecule has 6 nitrogen and oxygen atoms in total. The third kappa shape index (κ3) is 4.87. The molecule has 0 bridgehead atoms. The lowest BCUT2D eigenvalue weighted by molar-refractivity contribution is -0.141. The Morgan fingerprint density at radius 1 is 0.926 bits per heavy atom. The van der Waals surface area contributed by atoms with E-state index in [2.05, 4.69) is 5.32 Å². The Hall–Kier alpha value is -2.37. The molecule has 1 aliphatic carbocycles. The fourth-order valence-electron chi connectivity index (χ4n) is 4.08. The first-order chi connectivity index (χ1) is 12.9. The molecule has 1 aromatic carbocycles. The van der Waals surface area contributed by atoms with Gasteiger partial charge in [-0.3, -0.25) is 14.4 Å². The number of hydrogen-bond acceptors (Lipinski definition) is 3. The highest BCUT2D eigenvalue weighted by Gasteiger charge is 2.30. The molecule has 27 heavy (non-hydrogen) atoms. The number of benzene rings is 1. The lowest BCUT2D eigenvalue weighted by Crippen LogP contribution is -2.53. The molecule has 1 aromatic rings. The van der Waals surface area contributed by atoms with E-state index in [0.29, 0.717) is 31.7 Å². The van der Waals surface area contributed by atoms with E-state index in [1.54, 1.807) is 4.90 Å². The lowest BCUT2D eigenvalue weighted by Gasteiger charge is -2.36. The van der Waals surface area contributed by atoms with Gasteiger partial charge in [-0.1, -0.05) is 30.0 Å². The maximum absolute atomic E-state index is 12.5. The van der Waals surface area contributed by atoms with Crippen molar-refractivity contribution in [1.29, 1.82) is 0 Å². The van der Waals surface area contributed by atoms with Crippen molar-refractivity contribution in [3.8, 4) is 0 Å². The van der Waals surface area contributed by atoms with Gasteiger partial charge in [0.2, 0.25) is 11.8 Å². The Bertz CT molecular complexity index is 697. The Kier molecular flexibility index (Phi) is 6.14. The van der Waals surface area contributed by atoms with Gasteiger partial charge in [0.25, 0.3) is 5.91 Å². The number of carbonyl (C=O) groups excluding carboxylic acids is 3. The third-order valence-electron chi connectivity index (χ3n) is 5.53. The van der Waals surface area contributed by atoms with E-state index < -0.39 is 0 Å². The van der Waals surface area contributed by atoms with Crippen molar-refractivity contribution in [2.45, 2.75) is 39.5 Å². The Morgan fingerprint density at radius 3 is 2.07 bits per heavy atom. The van der Waals surface area contributed by atoms with Gasteiger partial charge in [0.1, 0.15) is 0 Å². The summed E-state index contributed by atoms with van der Waals surface area (Å²) in [5, 5.41) is 2.72. The highest BCUT2D eigenvalue weighted by Crippen LogP contribution is 2.26. The third-order valence-corrected chi connectivity index (χ3v) is 5.53. The molecular formula is C21H29N3O3. The molecule has 1 heterocycles. The molecule has 6 heteroatoms. The van der Waals surface area contributed by atoms with Crippen LogP contribution in [0.25, 0.3) is 0 Å². The zero-order valence-corrected chi connectivity index (χ0v) is 16.3. The van der Waals surface area contributed by atoms with Gasteiger partial charge in [-0.25, -0.2) is 0 Å². The second-order valence-electron chi connectivity index (χ2n) is 7.75. The topological polar surface area (TPSA) is 69.7 Å². The monoisotopic (exact) mass is 371 g/mol. The Morgan fingerprint density at radius 2 is 1.48 bits per heavy atom. The first kappa shape index (κ1) is 19.4. The van der Waals surface area contributed by atoms with Crippen LogP contribution in [0.3, 0.4) is 0 Å². The molecule has 0 spiro atoms. The van der Waals surface area contributed by atoms with Crippen LogP contribution in [-0.2, 0) is 9.59 Å². The van der Waals surface area contributed by atoms with E-state index in [9.17, 15) is 14.4 Å². The first-order valence-corrected chi connectivity index (χ1v) is 9.87. The summed E-state index contributed by atoms with van der Waals surface area (Å²) in [5.41, 5.74) is 2.62. The van der Waals surface area contributed by atoms with Crippen molar-refractivity contribution in [3.05, 3.63) is 34.9 Å². The largest absolute Gasteiger partial charge is 0.343 e. The van der Waals surface area contributed by atoms with Crippen molar-refractivity contribution in [1.82, 2.24) is 15.1 Å². The standard InChI is InChI=1S/C21H29N3O3/c1-15-11-16(2)13-18(12-15)20(26)22-14-19(25)23-7-9-24(10-8-23)21(27)17-5-3-4-6-17/h11-13,17H,3-10,14H2,1-2H3,(H,22,26). The summed E-state index contributed by atoms with van der Waals surface area (Å²) < 4.78 is 0. The average molecular weight is 371 g/mol. The predicted octanol–water partition coefficient (Wildman–Crippen LogP) is 1.89. The number of piperazine rings is 1. The van der Waals surface area contributed by atoms with Crippen molar-refractivity contribution < 1.29 is 14.4 Å². The average Bonchev–Trinajstić information content (AvgIpc) is 3.19. The summed E-state index contributed by atoms with van der Waals surface area (Å²) >= 11 is 0. The first-order valence-electron chi connectivity index (χ1n) is 9.87. The quantitative estimate of drug-likeness (QED) is 0.879. The molecule has 3 rings (SSSR count). The van der Waals surface area contributed by atoms with Gasteiger partial charge in [-0.05, 0) is 38.8 Å². The van der Waals surface area contributed by atoms with Crippen LogP contribution in [0.1, 0.15) is 47.2 Å². The van der Waals surface area contributed by atoms with Gasteiger partial charge in [-0.2, -0.15) is 0 Å². The van der Waals surface area contributed by atoms with Crippen LogP contribution in [0.2, 0.25) is 0 Å². The molecule has 0 aromatic heterocycles. The molecule has 1 aliphatic heterocycles. The van der Waals surface area contributed by atoms with Crippen LogP contribution in [0.4, 0.5) is 0 Å². The molecule has 1 N–H and O–H groups in total. The van der Waals surface area contributed by atoms with Gasteiger partial charge in [-0.15, -0.1) is 0 Å². The fraction of sp³-hybridized carbons (Fsp3) is 0.571. The van der Waals surface area contributed by atoms with Crippen molar-refractivity contribution in [2.24, 2.45) is 5.92 Å². The van der Waals surface area contributed by atoms with E-state index >= 15 is 0 Å². The summed E-state index contributed by atoms with van der Waals surface area (Å²) in [4.78, 5) is 40.8. The minimum Gasteiger partial charge on any atom is -0.343 e. The van der Waals surface area contributed by atoms with Crippen LogP contribution in [0.5, 0.6) is 0 Å². The zero-order chi connectivity index (χ0) is 19.4. The van der Waals surface area contributed by atoms with E-state index in [-0.39, 0.29) is 30.2 Å². The van der Waals surface area contributed by atoms with Crippen LogP contribution in [0, 0.1) is 19.8 Å². The molecule has 146 valence electrons. The number of aryl methyl sites for hydroxylation is 2. The molecule has 3 amide bonds. The molecule has 0 radical (unpaired) electrons. The van der Waals surface area contributed by atoms with E-state index in [1.807, 2.05) is 36.9 Å². The van der Waals surface area contributed by atoms with E-state index in [0.717, 1.165) is 36.8 Å². The van der Waals surface area contributed by atoms with Gasteiger partial charge in [0.05, 0.1) is 6.54 Å². The highest BCUT2D eigenvalue weighted by molar-refractivity contribution is 5.96. The molecule has 2 fully saturated rings. The normalized spacial score (nSPS) is 17.9. The maximum atomic E-state index is 12.5. The number of amides is 3. The van der Waals surface area contributed by atoms with Crippen LogP contribution in [-0.4, -0.2) is 60.2 Å². The molecule has 0 unspecified atom stereocenters. The predicted molar refractivity (Wildman–Crippen MR) is 103 cm³/mol. The minimum atomic E-state index is -0.231. The summed E-state index contributed by atoms with van der Waals surface area (Å²) in [6.07, 6.45) is 4.30. The Balaban J connectivity index is 1.45. The molecule has 1 saturated carbocycles. The molecule has 0 atom stereocenters. The smallest absolute Gasteiger partial charge is 0.251 e. The molecule has 2 aliphatic rings. The van der Waals surface area contributed by atoms with Gasteiger partial charge < -0.3 is 15.1 Å². The second kappa shape index (κ2) is 8.55. The van der Waals surface area contributed by atoms with Gasteiger partial charge in [0, 0.05) is 37.7 Å². The van der Waals surface area contributed by atoms with E-state index in [4.69, 9.17) is 0 Å². The number of carbonyl (C=O) groups is 3. The molecular weight excluding hydrogens is 342 g/mol. The van der Waals surface area contributed by atoms with Crippen LogP contribution in [0.15, 0.2) is 18.2 Å². The lowest BCUT2D eigenvalue weighted by atomic mass is 10.1. The highest BCUT2D eigenvalue weighted by atomic mass is 16.2. The second-order valence-corrected chi connectivity index (χ2v) is 7.75. The summed E-state index contributed by atoms with van der Waals surface area (Å²) in [5.74, 6) is 0.109. The summed E-state index contributed by atoms with van der Waals surface area (Å²) in [7, 11) is 0. The zero-order valence-electron chi connectivity index (χ0n) is 16.3. The Labute approximate surface area is 160 Å². The van der Waals surface area contributed by atoms with Crippen LogP contribution < -0.4 is 5.32 Å². The summed E-state index contributed by atoms with van der Waals surface area (Å²) in [6, 6.07) is 5.65. The number of hydrogen-bond donors (Lipinski definition) is 1.